The van der Waals surface area contributed by atoms with Gasteiger partial charge in [0.05, 0.1) is 70.8 Å². The average Bonchev–Trinajstić information content (AvgIpc) is 4.06. The van der Waals surface area contributed by atoms with E-state index in [1.54, 1.807) is 33.0 Å². The fourth-order valence-corrected chi connectivity index (χ4v) is 9.07. The molecule has 3 aliphatic rings. The highest BCUT2D eigenvalue weighted by Crippen LogP contribution is 2.33. The third kappa shape index (κ3) is 19.6. The number of nitrogens with one attached hydrogen (secondary N) is 5. The lowest BCUT2D eigenvalue weighted by Crippen LogP contribution is -2.44. The van der Waals surface area contributed by atoms with Gasteiger partial charge in [0.25, 0.3) is 0 Å². The van der Waals surface area contributed by atoms with E-state index in [2.05, 4.69) is 36.9 Å². The monoisotopic (exact) mass is 962 g/mol. The van der Waals surface area contributed by atoms with Crippen LogP contribution in [0.5, 0.6) is 5.75 Å². The van der Waals surface area contributed by atoms with Crippen molar-refractivity contribution in [1.29, 1.82) is 0 Å². The first kappa shape index (κ1) is 53.4. The summed E-state index contributed by atoms with van der Waals surface area (Å²) in [6.45, 7) is 9.17. The molecule has 67 heavy (non-hydrogen) atoms. The Kier molecular flexibility index (Phi) is 22.9. The van der Waals surface area contributed by atoms with Gasteiger partial charge >= 0.3 is 6.09 Å². The number of ether oxygens (including phenoxy) is 6. The maximum absolute atomic E-state index is 14.2. The fraction of sp³-hybridized carbons (Fsp3) is 0.652. The van der Waals surface area contributed by atoms with Crippen LogP contribution in [0.3, 0.4) is 0 Å². The van der Waals surface area contributed by atoms with Gasteiger partial charge in [-0.3, -0.25) is 25.0 Å². The number of nitrogens with zero attached hydrogens (tertiary/aromatic N) is 3. The molecule has 3 heterocycles. The van der Waals surface area contributed by atoms with Gasteiger partial charge in [-0.1, -0.05) is 23.8 Å². The van der Waals surface area contributed by atoms with E-state index in [4.69, 9.17) is 28.4 Å². The lowest BCUT2D eigenvalue weighted by molar-refractivity contribution is -0.127. The molecule has 0 saturated carbocycles. The highest BCUT2D eigenvalue weighted by atomic mass is 32.2. The maximum Gasteiger partial charge on any atom is 0.407 e. The minimum Gasteiger partial charge on any atom is -0.480 e. The molecule has 0 unspecified atom stereocenters. The highest BCUT2D eigenvalue weighted by molar-refractivity contribution is 8.00. The number of para-hydroxylation sites is 1. The quantitative estimate of drug-likeness (QED) is 0.0671. The van der Waals surface area contributed by atoms with E-state index in [-0.39, 0.29) is 25.5 Å². The molecule has 18 nitrogen and oxygen atoms in total. The van der Waals surface area contributed by atoms with Crippen LogP contribution in [-0.2, 0) is 44.7 Å². The summed E-state index contributed by atoms with van der Waals surface area (Å²) < 4.78 is 62.8. The Hall–Kier alpha value is -4.51. The normalized spacial score (nSPS) is 18.4. The largest absolute Gasteiger partial charge is 0.480 e. The lowest BCUT2D eigenvalue weighted by atomic mass is 10.00. The molecule has 0 bridgehead atoms. The van der Waals surface area contributed by atoms with Crippen LogP contribution >= 0.6 is 11.8 Å². The number of hydrogen-bond acceptors (Lipinski definition) is 15. The summed E-state index contributed by atoms with van der Waals surface area (Å²) >= 11 is 2.03. The predicted octanol–water partition coefficient (Wildman–Crippen LogP) is 4.19. The topological polar surface area (TPSA) is 215 Å². The molecule has 1 aromatic carbocycles. The van der Waals surface area contributed by atoms with Crippen molar-refractivity contribution in [2.75, 3.05) is 78.4 Å². The number of aromatic nitrogens is 3. The van der Waals surface area contributed by atoms with Crippen molar-refractivity contribution in [3.05, 3.63) is 59.4 Å². The number of benzene rings is 1. The van der Waals surface area contributed by atoms with Crippen LogP contribution in [-0.4, -0.2) is 146 Å². The minimum atomic E-state index is -1.04. The van der Waals surface area contributed by atoms with Gasteiger partial charge in [-0.15, -0.1) is 5.10 Å². The van der Waals surface area contributed by atoms with Gasteiger partial charge in [-0.2, -0.15) is 11.8 Å². The second kappa shape index (κ2) is 28.7. The zero-order valence-electron chi connectivity index (χ0n) is 38.9. The number of rotatable bonds is 31. The standard InChI is InChI=1S/C46H68F2N8O10S/c1-46(2,3)66-45(60)50-17-7-6-14-37(39(57)29-65-43-35(47)12-9-13-36(43)48)53-44(59)32-10-8-11-34(26-32)56-27-33(54-55-56)28-64-25-24-63-23-22-62-21-20-61-19-18-49-41(58)16-5-4-15-40-42-38(30-67-40)51-31-52-42/h9,11-13,26-27,37-38,40,42,51-52H,4-8,10,14-25,28-31H2,1-3H3,(H,49,58)(H,50,60)(H,53,59)/t37-,38-,40-,42-/m0/s1. The Balaban J connectivity index is 0.916. The summed E-state index contributed by atoms with van der Waals surface area (Å²) in [5, 5.41) is 24.4. The number of alkyl carbamates (subject to hydrolysis) is 1. The van der Waals surface area contributed by atoms with Crippen molar-refractivity contribution in [1.82, 2.24) is 41.6 Å². The summed E-state index contributed by atoms with van der Waals surface area (Å²) in [5.41, 5.74) is 0.923. The average molecular weight is 963 g/mol. The van der Waals surface area contributed by atoms with Crippen LogP contribution in [0.25, 0.3) is 5.70 Å². The molecular formula is C46H68F2N8O10S. The van der Waals surface area contributed by atoms with E-state index in [1.807, 2.05) is 17.8 Å². The molecule has 372 valence electrons. The lowest BCUT2D eigenvalue weighted by Gasteiger charge is -2.21. The highest BCUT2D eigenvalue weighted by Gasteiger charge is 2.39. The fourth-order valence-electron chi connectivity index (χ4n) is 7.46. The first-order valence-corrected chi connectivity index (χ1v) is 24.3. The van der Waals surface area contributed by atoms with Crippen LogP contribution in [0, 0.1) is 11.6 Å². The molecule has 5 N–H and O–H groups in total. The van der Waals surface area contributed by atoms with Crippen molar-refractivity contribution in [3.63, 3.8) is 0 Å². The number of fused-ring (bicyclic) bond motifs is 1. The zero-order chi connectivity index (χ0) is 47.9. The second-order valence-electron chi connectivity index (χ2n) is 17.3. The Labute approximate surface area is 395 Å². The van der Waals surface area contributed by atoms with Gasteiger partial charge in [-0.05, 0) is 83.9 Å². The number of amides is 3. The molecule has 1 aromatic heterocycles. The van der Waals surface area contributed by atoms with Gasteiger partial charge < -0.3 is 44.4 Å². The summed E-state index contributed by atoms with van der Waals surface area (Å²) in [6.07, 6.45) is 10.3. The summed E-state index contributed by atoms with van der Waals surface area (Å²) in [7, 11) is 0. The number of hydrogen-bond donors (Lipinski definition) is 5. The number of Topliss-reactive ketones (excluding diaryl/α,β-unsaturated/α-hetero) is 1. The first-order chi connectivity index (χ1) is 32.4. The molecule has 21 heteroatoms. The molecule has 2 aromatic rings. The van der Waals surface area contributed by atoms with Gasteiger partial charge in [0.15, 0.2) is 23.2 Å². The SMILES string of the molecule is CC(C)(C)OC(=O)NCCCC[C@H](NC(=O)C1=CC(n2cc(COCCOCCOCCOCCNC(=O)CCCC[C@@H]3SC[C@@H]4NCN[C@@H]43)nn2)=CCC1)C(=O)COc1c(F)cccc1F. The van der Waals surface area contributed by atoms with Crippen molar-refractivity contribution < 1.29 is 56.4 Å². The number of thioether (sulfide) groups is 1. The number of carbonyl (C=O) groups excluding carboxylic acids is 4. The van der Waals surface area contributed by atoms with Gasteiger partial charge in [0.1, 0.15) is 17.9 Å². The summed E-state index contributed by atoms with van der Waals surface area (Å²) in [6, 6.07) is 3.34. The minimum absolute atomic E-state index is 0.0623. The number of ketones is 1. The van der Waals surface area contributed by atoms with E-state index in [1.165, 1.54) is 10.7 Å². The Morgan fingerprint density at radius 1 is 0.910 bits per heavy atom. The van der Waals surface area contributed by atoms with Crippen molar-refractivity contribution in [2.45, 2.75) is 114 Å². The van der Waals surface area contributed by atoms with E-state index < -0.39 is 53.4 Å². The molecule has 0 spiro atoms. The predicted molar refractivity (Wildman–Crippen MR) is 247 cm³/mol. The first-order valence-electron chi connectivity index (χ1n) is 23.2. The molecule has 0 radical (unpaired) electrons. The molecule has 5 rings (SSSR count). The molecular weight excluding hydrogens is 895 g/mol. The molecule has 2 aliphatic heterocycles. The van der Waals surface area contributed by atoms with Crippen LogP contribution < -0.4 is 31.3 Å². The molecule has 1 aliphatic carbocycles. The van der Waals surface area contributed by atoms with Crippen molar-refractivity contribution in [3.8, 4) is 5.75 Å². The van der Waals surface area contributed by atoms with E-state index >= 15 is 0 Å². The third-order valence-electron chi connectivity index (χ3n) is 10.8. The van der Waals surface area contributed by atoms with Gasteiger partial charge in [-0.25, -0.2) is 18.3 Å². The summed E-state index contributed by atoms with van der Waals surface area (Å²) in [4.78, 5) is 51.0. The second-order valence-corrected chi connectivity index (χ2v) is 18.6. The van der Waals surface area contributed by atoms with Crippen LogP contribution in [0.4, 0.5) is 13.6 Å². The smallest absolute Gasteiger partial charge is 0.407 e. The number of allylic oxidation sites excluding steroid dienone is 3. The van der Waals surface area contributed by atoms with Gasteiger partial charge in [0, 0.05) is 54.8 Å². The van der Waals surface area contributed by atoms with Crippen LogP contribution in [0.1, 0.15) is 84.3 Å². The van der Waals surface area contributed by atoms with Gasteiger partial charge in [0.2, 0.25) is 11.8 Å². The van der Waals surface area contributed by atoms with E-state index in [9.17, 15) is 28.0 Å². The Morgan fingerprint density at radius 2 is 1.64 bits per heavy atom. The Bertz CT molecular complexity index is 1930. The number of carbonyl (C=O) groups is 4. The maximum atomic E-state index is 14.2. The van der Waals surface area contributed by atoms with E-state index in [0.717, 1.165) is 43.8 Å². The summed E-state index contributed by atoms with van der Waals surface area (Å²) in [5.74, 6) is -2.42. The van der Waals surface area contributed by atoms with E-state index in [0.29, 0.717) is 119 Å². The number of halogens is 2. The van der Waals surface area contributed by atoms with Crippen LogP contribution in [0.2, 0.25) is 0 Å². The molecule has 4 atom stereocenters. The zero-order valence-corrected chi connectivity index (χ0v) is 39.7. The van der Waals surface area contributed by atoms with Crippen molar-refractivity contribution >= 4 is 41.1 Å². The molecule has 2 fully saturated rings. The molecule has 2 saturated heterocycles. The third-order valence-corrected chi connectivity index (χ3v) is 12.4. The van der Waals surface area contributed by atoms with Crippen LogP contribution in [0.15, 0.2) is 42.1 Å². The Morgan fingerprint density at radius 3 is 2.39 bits per heavy atom. The molecule has 3 amide bonds. The van der Waals surface area contributed by atoms with Crippen molar-refractivity contribution in [2.24, 2.45) is 0 Å². The number of unbranched alkanes of at least 4 members (excludes halogenated alkanes) is 2.